The molecule has 5 nitrogen and oxygen atoms in total. The minimum atomic E-state index is -0.216. The van der Waals surface area contributed by atoms with Gasteiger partial charge in [-0.25, -0.2) is 0 Å². The number of ether oxygens (including phenoxy) is 1. The third-order valence-electron chi connectivity index (χ3n) is 4.34. The molecule has 0 saturated carbocycles. The van der Waals surface area contributed by atoms with Crippen molar-refractivity contribution in [1.29, 1.82) is 0 Å². The van der Waals surface area contributed by atoms with Crippen molar-refractivity contribution in [3.63, 3.8) is 0 Å². The van der Waals surface area contributed by atoms with Crippen LogP contribution in [-0.2, 0) is 11.2 Å². The van der Waals surface area contributed by atoms with E-state index in [1.165, 1.54) is 0 Å². The Bertz CT molecular complexity index is 963. The molecule has 0 spiro atoms. The van der Waals surface area contributed by atoms with Crippen LogP contribution in [0.15, 0.2) is 72.8 Å². The molecule has 3 aromatic rings. The molecule has 5 heteroatoms. The standard InChI is InChI=1S/C24H24N2O3/c1-3-29-22-14-12-21(13-15-22)26-24(28)19-8-10-20(11-9-19)25-23(27)16-18-6-4-17(2)5-7-18/h4-15H,3,16H2,1-2H3,(H,25,27)(H,26,28). The van der Waals surface area contributed by atoms with Crippen LogP contribution < -0.4 is 15.4 Å². The van der Waals surface area contributed by atoms with Crippen LogP contribution in [0.4, 0.5) is 11.4 Å². The van der Waals surface area contributed by atoms with Crippen molar-refractivity contribution in [2.24, 2.45) is 0 Å². The molecular weight excluding hydrogens is 364 g/mol. The Labute approximate surface area is 170 Å². The highest BCUT2D eigenvalue weighted by molar-refractivity contribution is 6.04. The SMILES string of the molecule is CCOc1ccc(NC(=O)c2ccc(NC(=O)Cc3ccc(C)cc3)cc2)cc1. The summed E-state index contributed by atoms with van der Waals surface area (Å²) in [7, 11) is 0. The quantitative estimate of drug-likeness (QED) is 0.609. The van der Waals surface area contributed by atoms with Crippen LogP contribution in [0.2, 0.25) is 0 Å². The number of rotatable bonds is 7. The Morgan fingerprint density at radius 3 is 2.00 bits per heavy atom. The molecule has 0 saturated heterocycles. The van der Waals surface area contributed by atoms with Crippen molar-refractivity contribution in [2.45, 2.75) is 20.3 Å². The average Bonchev–Trinajstić information content (AvgIpc) is 2.72. The predicted octanol–water partition coefficient (Wildman–Crippen LogP) is 4.83. The van der Waals surface area contributed by atoms with E-state index in [0.717, 1.165) is 16.9 Å². The van der Waals surface area contributed by atoms with E-state index in [9.17, 15) is 9.59 Å². The van der Waals surface area contributed by atoms with Crippen LogP contribution in [0.3, 0.4) is 0 Å². The van der Waals surface area contributed by atoms with Gasteiger partial charge in [0.1, 0.15) is 5.75 Å². The average molecular weight is 388 g/mol. The van der Waals surface area contributed by atoms with Crippen molar-refractivity contribution in [2.75, 3.05) is 17.2 Å². The lowest BCUT2D eigenvalue weighted by Crippen LogP contribution is -2.15. The van der Waals surface area contributed by atoms with Crippen LogP contribution in [0.25, 0.3) is 0 Å². The molecule has 0 aliphatic carbocycles. The predicted molar refractivity (Wildman–Crippen MR) is 116 cm³/mol. The first-order valence-electron chi connectivity index (χ1n) is 9.53. The largest absolute Gasteiger partial charge is 0.494 e. The number of benzene rings is 3. The van der Waals surface area contributed by atoms with Gasteiger partial charge in [-0.1, -0.05) is 29.8 Å². The van der Waals surface area contributed by atoms with Gasteiger partial charge in [-0.3, -0.25) is 9.59 Å². The number of anilines is 2. The van der Waals surface area contributed by atoms with Gasteiger partial charge >= 0.3 is 0 Å². The monoisotopic (exact) mass is 388 g/mol. The molecule has 0 heterocycles. The van der Waals surface area contributed by atoms with E-state index in [1.807, 2.05) is 50.2 Å². The van der Waals surface area contributed by atoms with Crippen molar-refractivity contribution < 1.29 is 14.3 Å². The van der Waals surface area contributed by atoms with Crippen LogP contribution in [0.5, 0.6) is 5.75 Å². The molecule has 0 aliphatic rings. The van der Waals surface area contributed by atoms with E-state index < -0.39 is 0 Å². The van der Waals surface area contributed by atoms with Crippen molar-refractivity contribution in [3.8, 4) is 5.75 Å². The summed E-state index contributed by atoms with van der Waals surface area (Å²) in [6, 6.07) is 21.9. The summed E-state index contributed by atoms with van der Waals surface area (Å²) in [5, 5.41) is 5.70. The van der Waals surface area contributed by atoms with Crippen molar-refractivity contribution in [3.05, 3.63) is 89.5 Å². The summed E-state index contributed by atoms with van der Waals surface area (Å²) in [6.45, 7) is 4.53. The third-order valence-corrected chi connectivity index (χ3v) is 4.34. The van der Waals surface area contributed by atoms with Gasteiger partial charge in [0.25, 0.3) is 5.91 Å². The third kappa shape index (κ3) is 5.94. The fraction of sp³-hybridized carbons (Fsp3) is 0.167. The highest BCUT2D eigenvalue weighted by atomic mass is 16.5. The zero-order valence-electron chi connectivity index (χ0n) is 16.6. The smallest absolute Gasteiger partial charge is 0.255 e. The normalized spacial score (nSPS) is 10.3. The Morgan fingerprint density at radius 1 is 0.793 bits per heavy atom. The molecule has 3 aromatic carbocycles. The minimum Gasteiger partial charge on any atom is -0.494 e. The summed E-state index contributed by atoms with van der Waals surface area (Å²) in [6.07, 6.45) is 0.306. The molecule has 148 valence electrons. The van der Waals surface area contributed by atoms with Gasteiger partial charge in [0.15, 0.2) is 0 Å². The molecule has 0 fully saturated rings. The second-order valence-corrected chi connectivity index (χ2v) is 6.70. The van der Waals surface area contributed by atoms with Crippen LogP contribution in [0.1, 0.15) is 28.4 Å². The molecule has 0 unspecified atom stereocenters. The summed E-state index contributed by atoms with van der Waals surface area (Å²) in [5.74, 6) is 0.448. The number of nitrogens with one attached hydrogen (secondary N) is 2. The van der Waals surface area contributed by atoms with Gasteiger partial charge in [-0.05, 0) is 67.9 Å². The maximum absolute atomic E-state index is 12.4. The maximum Gasteiger partial charge on any atom is 0.255 e. The minimum absolute atomic E-state index is 0.0968. The first-order chi connectivity index (χ1) is 14.0. The van der Waals surface area contributed by atoms with Gasteiger partial charge < -0.3 is 15.4 Å². The second-order valence-electron chi connectivity index (χ2n) is 6.70. The summed E-state index contributed by atoms with van der Waals surface area (Å²) >= 11 is 0. The van der Waals surface area contributed by atoms with E-state index in [2.05, 4.69) is 10.6 Å². The number of amides is 2. The maximum atomic E-state index is 12.4. The zero-order chi connectivity index (χ0) is 20.6. The van der Waals surface area contributed by atoms with Gasteiger partial charge in [-0.15, -0.1) is 0 Å². The van der Waals surface area contributed by atoms with Crippen LogP contribution in [0, 0.1) is 6.92 Å². The van der Waals surface area contributed by atoms with Gasteiger partial charge in [-0.2, -0.15) is 0 Å². The summed E-state index contributed by atoms with van der Waals surface area (Å²) in [4.78, 5) is 24.6. The lowest BCUT2D eigenvalue weighted by molar-refractivity contribution is -0.115. The number of hydrogen-bond donors (Lipinski definition) is 2. The van der Waals surface area contributed by atoms with Gasteiger partial charge in [0.05, 0.1) is 13.0 Å². The number of carbonyl (C=O) groups is 2. The molecule has 0 bridgehead atoms. The van der Waals surface area contributed by atoms with E-state index in [4.69, 9.17) is 4.74 Å². The topological polar surface area (TPSA) is 67.4 Å². The van der Waals surface area contributed by atoms with E-state index in [0.29, 0.717) is 30.0 Å². The lowest BCUT2D eigenvalue weighted by atomic mass is 10.1. The van der Waals surface area contributed by atoms with Gasteiger partial charge in [0.2, 0.25) is 5.91 Å². The molecule has 0 aliphatic heterocycles. The summed E-state index contributed by atoms with van der Waals surface area (Å²) in [5.41, 5.74) is 3.97. The Morgan fingerprint density at radius 2 is 1.38 bits per heavy atom. The van der Waals surface area contributed by atoms with Crippen LogP contribution >= 0.6 is 0 Å². The Hall–Kier alpha value is -3.60. The van der Waals surface area contributed by atoms with Gasteiger partial charge in [0, 0.05) is 16.9 Å². The Kier molecular flexibility index (Phi) is 6.63. The Balaban J connectivity index is 1.55. The first-order valence-corrected chi connectivity index (χ1v) is 9.53. The molecule has 29 heavy (non-hydrogen) atoms. The second kappa shape index (κ2) is 9.55. The van der Waals surface area contributed by atoms with Crippen molar-refractivity contribution >= 4 is 23.2 Å². The summed E-state index contributed by atoms with van der Waals surface area (Å²) < 4.78 is 5.39. The fourth-order valence-corrected chi connectivity index (χ4v) is 2.81. The van der Waals surface area contributed by atoms with Crippen LogP contribution in [-0.4, -0.2) is 18.4 Å². The molecule has 0 aromatic heterocycles. The molecule has 0 radical (unpaired) electrons. The zero-order valence-corrected chi connectivity index (χ0v) is 16.6. The lowest BCUT2D eigenvalue weighted by Gasteiger charge is -2.09. The molecule has 2 amide bonds. The molecule has 2 N–H and O–H groups in total. The number of aryl methyl sites for hydroxylation is 1. The fourth-order valence-electron chi connectivity index (χ4n) is 2.81. The molecule has 0 atom stereocenters. The van der Waals surface area contributed by atoms with E-state index >= 15 is 0 Å². The number of carbonyl (C=O) groups excluding carboxylic acids is 2. The first kappa shape index (κ1) is 20.1. The molecule has 3 rings (SSSR count). The van der Waals surface area contributed by atoms with E-state index in [-0.39, 0.29) is 11.8 Å². The van der Waals surface area contributed by atoms with Crippen molar-refractivity contribution in [1.82, 2.24) is 0 Å². The number of hydrogen-bond acceptors (Lipinski definition) is 3. The van der Waals surface area contributed by atoms with E-state index in [1.54, 1.807) is 36.4 Å². The highest BCUT2D eigenvalue weighted by Crippen LogP contribution is 2.17. The molecular formula is C24H24N2O3. The highest BCUT2D eigenvalue weighted by Gasteiger charge is 2.08.